The van der Waals surface area contributed by atoms with Crippen LogP contribution in [0.4, 0.5) is 0 Å². The van der Waals surface area contributed by atoms with E-state index in [1.807, 2.05) is 13.0 Å². The Bertz CT molecular complexity index is 648. The first kappa shape index (κ1) is 9.15. The Morgan fingerprint density at radius 2 is 2.06 bits per heavy atom. The van der Waals surface area contributed by atoms with Crippen LogP contribution in [0.25, 0.3) is 22.4 Å². The average Bonchev–Trinajstić information content (AvgIpc) is 2.82. The summed E-state index contributed by atoms with van der Waals surface area (Å²) >= 11 is 0. The van der Waals surface area contributed by atoms with Gasteiger partial charge in [0.15, 0.2) is 0 Å². The largest absolute Gasteiger partial charge is 0.338 e. The highest BCUT2D eigenvalue weighted by molar-refractivity contribution is 5.80. The van der Waals surface area contributed by atoms with Crippen LogP contribution in [0.1, 0.15) is 11.3 Å². The molecule has 0 saturated carbocycles. The summed E-state index contributed by atoms with van der Waals surface area (Å²) in [6.07, 6.45) is 1.79. The second-order valence-electron chi connectivity index (χ2n) is 4.01. The van der Waals surface area contributed by atoms with Crippen LogP contribution in [-0.2, 0) is 0 Å². The Morgan fingerprint density at radius 3 is 2.81 bits per heavy atom. The number of hydrogen-bond donors (Lipinski definition) is 2. The molecule has 0 saturated heterocycles. The van der Waals surface area contributed by atoms with Gasteiger partial charge in [0.2, 0.25) is 0 Å². The molecule has 3 aromatic rings. The van der Waals surface area contributed by atoms with Gasteiger partial charge in [0, 0.05) is 5.69 Å². The fraction of sp³-hybridized carbons (Fsp3) is 0.167. The monoisotopic (exact) mass is 212 g/mol. The molecule has 1 aromatic carbocycles. The van der Waals surface area contributed by atoms with Crippen LogP contribution in [0.5, 0.6) is 0 Å². The van der Waals surface area contributed by atoms with E-state index in [9.17, 15) is 0 Å². The van der Waals surface area contributed by atoms with Crippen LogP contribution in [0, 0.1) is 13.8 Å². The quantitative estimate of drug-likeness (QED) is 0.651. The van der Waals surface area contributed by atoms with E-state index in [2.05, 4.69) is 39.2 Å². The summed E-state index contributed by atoms with van der Waals surface area (Å²) in [7, 11) is 0. The highest BCUT2D eigenvalue weighted by Crippen LogP contribution is 2.22. The number of nitrogens with one attached hydrogen (secondary N) is 2. The van der Waals surface area contributed by atoms with Crippen molar-refractivity contribution in [2.75, 3.05) is 0 Å². The maximum Gasteiger partial charge on any atom is 0.141 e. The molecule has 0 amide bonds. The smallest absolute Gasteiger partial charge is 0.141 e. The van der Waals surface area contributed by atoms with Crippen LogP contribution >= 0.6 is 0 Å². The number of nitrogens with zero attached hydrogens (tertiary/aromatic N) is 2. The third-order valence-corrected chi connectivity index (χ3v) is 2.72. The van der Waals surface area contributed by atoms with E-state index in [1.165, 1.54) is 5.56 Å². The predicted molar refractivity (Wildman–Crippen MR) is 63.1 cm³/mol. The topological polar surface area (TPSA) is 57.4 Å². The highest BCUT2D eigenvalue weighted by atomic mass is 15.1. The van der Waals surface area contributed by atoms with Crippen molar-refractivity contribution in [3.8, 4) is 11.4 Å². The van der Waals surface area contributed by atoms with E-state index in [1.54, 1.807) is 6.20 Å². The van der Waals surface area contributed by atoms with E-state index < -0.39 is 0 Å². The van der Waals surface area contributed by atoms with Crippen molar-refractivity contribution < 1.29 is 0 Å². The van der Waals surface area contributed by atoms with Gasteiger partial charge in [0.25, 0.3) is 0 Å². The van der Waals surface area contributed by atoms with Crippen molar-refractivity contribution >= 4 is 11.0 Å². The van der Waals surface area contributed by atoms with E-state index in [4.69, 9.17) is 0 Å². The molecular formula is C12H12N4. The van der Waals surface area contributed by atoms with Crippen molar-refractivity contribution in [2.45, 2.75) is 13.8 Å². The van der Waals surface area contributed by atoms with Gasteiger partial charge >= 0.3 is 0 Å². The van der Waals surface area contributed by atoms with Crippen LogP contribution < -0.4 is 0 Å². The third kappa shape index (κ3) is 1.31. The summed E-state index contributed by atoms with van der Waals surface area (Å²) in [6.45, 7) is 4.06. The van der Waals surface area contributed by atoms with Gasteiger partial charge in [-0.2, -0.15) is 5.10 Å². The Morgan fingerprint density at radius 1 is 1.19 bits per heavy atom. The minimum Gasteiger partial charge on any atom is -0.338 e. The predicted octanol–water partition coefficient (Wildman–Crippen LogP) is 2.57. The maximum atomic E-state index is 4.54. The lowest BCUT2D eigenvalue weighted by atomic mass is 10.2. The van der Waals surface area contributed by atoms with Crippen molar-refractivity contribution in [3.63, 3.8) is 0 Å². The van der Waals surface area contributed by atoms with E-state index >= 15 is 0 Å². The Labute approximate surface area is 92.7 Å². The maximum absolute atomic E-state index is 4.54. The van der Waals surface area contributed by atoms with E-state index in [0.29, 0.717) is 0 Å². The van der Waals surface area contributed by atoms with Gasteiger partial charge in [-0.3, -0.25) is 5.10 Å². The molecule has 0 aliphatic carbocycles. The Balaban J connectivity index is 2.23. The van der Waals surface area contributed by atoms with Crippen molar-refractivity contribution in [1.82, 2.24) is 20.2 Å². The lowest BCUT2D eigenvalue weighted by Crippen LogP contribution is -1.80. The zero-order valence-electron chi connectivity index (χ0n) is 9.20. The molecule has 2 N–H and O–H groups in total. The number of aryl methyl sites for hydroxylation is 2. The van der Waals surface area contributed by atoms with Gasteiger partial charge in [0.1, 0.15) is 5.82 Å². The molecule has 80 valence electrons. The number of rotatable bonds is 1. The van der Waals surface area contributed by atoms with Crippen LogP contribution in [0.2, 0.25) is 0 Å². The van der Waals surface area contributed by atoms with E-state index in [0.717, 1.165) is 28.1 Å². The molecule has 0 aliphatic heterocycles. The normalized spacial score (nSPS) is 11.1. The fourth-order valence-electron chi connectivity index (χ4n) is 1.84. The van der Waals surface area contributed by atoms with Crippen LogP contribution in [0.3, 0.4) is 0 Å². The summed E-state index contributed by atoms with van der Waals surface area (Å²) in [5.41, 5.74) is 5.33. The SMILES string of the molecule is Cc1ccc2nc(-c3cn[nH]c3C)[nH]c2c1. The number of hydrogen-bond acceptors (Lipinski definition) is 2. The van der Waals surface area contributed by atoms with Crippen LogP contribution in [-0.4, -0.2) is 20.2 Å². The summed E-state index contributed by atoms with van der Waals surface area (Å²) in [5.74, 6) is 0.867. The summed E-state index contributed by atoms with van der Waals surface area (Å²) in [4.78, 5) is 7.85. The lowest BCUT2D eigenvalue weighted by Gasteiger charge is -1.91. The van der Waals surface area contributed by atoms with Gasteiger partial charge in [-0.25, -0.2) is 4.98 Å². The first-order chi connectivity index (χ1) is 7.74. The number of H-pyrrole nitrogens is 2. The molecule has 4 heteroatoms. The average molecular weight is 212 g/mol. The molecule has 0 aliphatic rings. The lowest BCUT2D eigenvalue weighted by molar-refractivity contribution is 1.05. The molecule has 0 radical (unpaired) electrons. The first-order valence-electron chi connectivity index (χ1n) is 5.21. The number of fused-ring (bicyclic) bond motifs is 1. The van der Waals surface area contributed by atoms with Crippen molar-refractivity contribution in [2.24, 2.45) is 0 Å². The number of benzene rings is 1. The molecule has 3 rings (SSSR count). The summed E-state index contributed by atoms with van der Waals surface area (Å²) < 4.78 is 0. The molecule has 0 fully saturated rings. The molecule has 2 heterocycles. The van der Waals surface area contributed by atoms with Gasteiger partial charge in [-0.1, -0.05) is 6.07 Å². The number of aromatic amines is 2. The Kier molecular flexibility index (Phi) is 1.83. The molecule has 0 bridgehead atoms. The zero-order valence-corrected chi connectivity index (χ0v) is 9.20. The summed E-state index contributed by atoms with van der Waals surface area (Å²) in [6, 6.07) is 6.19. The zero-order chi connectivity index (χ0) is 11.1. The molecule has 0 atom stereocenters. The molecule has 4 nitrogen and oxygen atoms in total. The first-order valence-corrected chi connectivity index (χ1v) is 5.21. The molecule has 0 spiro atoms. The fourth-order valence-corrected chi connectivity index (χ4v) is 1.84. The number of imidazole rings is 1. The van der Waals surface area contributed by atoms with Gasteiger partial charge in [-0.15, -0.1) is 0 Å². The third-order valence-electron chi connectivity index (χ3n) is 2.72. The molecule has 2 aromatic heterocycles. The minimum atomic E-state index is 0.867. The second-order valence-corrected chi connectivity index (χ2v) is 4.01. The second kappa shape index (κ2) is 3.20. The van der Waals surface area contributed by atoms with Crippen LogP contribution in [0.15, 0.2) is 24.4 Å². The minimum absolute atomic E-state index is 0.867. The molecule has 16 heavy (non-hydrogen) atoms. The Hall–Kier alpha value is -2.10. The van der Waals surface area contributed by atoms with Gasteiger partial charge < -0.3 is 4.98 Å². The van der Waals surface area contributed by atoms with E-state index in [-0.39, 0.29) is 0 Å². The van der Waals surface area contributed by atoms with Crippen molar-refractivity contribution in [3.05, 3.63) is 35.7 Å². The van der Waals surface area contributed by atoms with Crippen molar-refractivity contribution in [1.29, 1.82) is 0 Å². The van der Waals surface area contributed by atoms with Gasteiger partial charge in [-0.05, 0) is 31.5 Å². The van der Waals surface area contributed by atoms with Gasteiger partial charge in [0.05, 0.1) is 22.8 Å². The molecular weight excluding hydrogens is 200 g/mol. The molecule has 0 unspecified atom stereocenters. The number of aromatic nitrogens is 4. The standard InChI is InChI=1S/C12H12N4/c1-7-3-4-10-11(5-7)15-12(14-10)9-6-13-16-8(9)2/h3-6H,1-2H3,(H,13,16)(H,14,15). The highest BCUT2D eigenvalue weighted by Gasteiger charge is 2.08. The summed E-state index contributed by atoms with van der Waals surface area (Å²) in [5, 5.41) is 6.91.